The lowest BCUT2D eigenvalue weighted by molar-refractivity contribution is -0.133. The number of Topliss-reactive ketones (excluding diaryl/α,β-unsaturated/α-hetero) is 2. The van der Waals surface area contributed by atoms with Gasteiger partial charge in [-0.3, -0.25) is 28.8 Å². The Morgan fingerprint density at radius 1 is 0.721 bits per heavy atom. The summed E-state index contributed by atoms with van der Waals surface area (Å²) in [4.78, 5) is 101. The first-order chi connectivity index (χ1) is 41.5. The van der Waals surface area contributed by atoms with E-state index in [0.29, 0.717) is 61.5 Å². The molecule has 0 saturated carbocycles. The van der Waals surface area contributed by atoms with E-state index in [1.54, 1.807) is 47.1 Å². The second-order valence-electron chi connectivity index (χ2n) is 23.7. The van der Waals surface area contributed by atoms with E-state index >= 15 is 0 Å². The van der Waals surface area contributed by atoms with Gasteiger partial charge in [-0.25, -0.2) is 9.69 Å². The minimum atomic E-state index is -1.53. The number of benzene rings is 5. The summed E-state index contributed by atoms with van der Waals surface area (Å²) in [6.45, 7) is 12.8. The number of aliphatic hydroxyl groups excluding tert-OH is 1. The number of amides is 5. The van der Waals surface area contributed by atoms with Crippen LogP contribution in [-0.2, 0) is 69.3 Å². The molecule has 0 spiro atoms. The normalized spacial score (nSPS) is 18.4. The molecule has 17 nitrogen and oxygen atoms in total. The first-order valence-corrected chi connectivity index (χ1v) is 30.1. The zero-order valence-corrected chi connectivity index (χ0v) is 49.8. The summed E-state index contributed by atoms with van der Waals surface area (Å²) in [6.07, 6.45) is 6.46. The summed E-state index contributed by atoms with van der Waals surface area (Å²) in [5, 5.41) is 15.2. The monoisotopic (exact) mass is 1170 g/mol. The van der Waals surface area contributed by atoms with Crippen molar-refractivity contribution in [2.24, 2.45) is 11.8 Å². The molecule has 2 N–H and O–H groups in total. The summed E-state index contributed by atoms with van der Waals surface area (Å²) in [5.74, 6) is -0.604. The highest BCUT2D eigenvalue weighted by Gasteiger charge is 2.46. The van der Waals surface area contributed by atoms with Gasteiger partial charge in [-0.1, -0.05) is 99.6 Å². The van der Waals surface area contributed by atoms with Crippen LogP contribution in [0.5, 0.6) is 17.2 Å². The predicted octanol–water partition coefficient (Wildman–Crippen LogP) is 9.73. The molecule has 5 heterocycles. The van der Waals surface area contributed by atoms with E-state index in [1.165, 1.54) is 36.4 Å². The molecule has 0 fully saturated rings. The van der Waals surface area contributed by atoms with Gasteiger partial charge in [0.05, 0.1) is 43.7 Å². The number of hydrogen-bond acceptors (Lipinski definition) is 12. The van der Waals surface area contributed by atoms with Crippen molar-refractivity contribution in [2.45, 2.75) is 142 Å². The van der Waals surface area contributed by atoms with Crippen LogP contribution in [0, 0.1) is 18.8 Å². The number of fused-ring (bicyclic) bond motifs is 6. The number of carbonyl (C=O) groups excluding carboxylic acids is 7. The first kappa shape index (κ1) is 60.5. The quantitative estimate of drug-likeness (QED) is 0.0588. The number of ketones is 2. The van der Waals surface area contributed by atoms with Crippen LogP contribution < -0.4 is 24.4 Å². The molecule has 5 aliphatic rings. The van der Waals surface area contributed by atoms with E-state index < -0.39 is 36.2 Å². The SMILES string of the molecule is C=C1C=CC(=O)N1CCCCCC(=O)C[C@H](C(=O)N[C@@H](C)C(=O)Cc1ccc(COC(=O)N2c3cc(OCCCOc4cc5c(cc4C)C(=O)N4Cc6ccccc6C[C@H]4CC5)c(OC)cc3C(=O)N3Cc4ccccc4C[C@H]3C2O)cc1)C(C)C. The topological polar surface area (TPSA) is 202 Å². The first-order valence-electron chi connectivity index (χ1n) is 30.1. The number of nitrogens with zero attached hydrogens (tertiary/aromatic N) is 4. The highest BCUT2D eigenvalue weighted by atomic mass is 16.6. The number of ether oxygens (including phenoxy) is 4. The summed E-state index contributed by atoms with van der Waals surface area (Å²) < 4.78 is 24.4. The lowest BCUT2D eigenvalue weighted by atomic mass is 9.88. The summed E-state index contributed by atoms with van der Waals surface area (Å²) in [5.41, 5.74) is 9.04. The highest BCUT2D eigenvalue weighted by molar-refractivity contribution is 6.06. The van der Waals surface area contributed by atoms with E-state index in [0.717, 1.165) is 64.8 Å². The van der Waals surface area contributed by atoms with E-state index in [2.05, 4.69) is 30.1 Å². The van der Waals surface area contributed by atoms with Gasteiger partial charge in [-0.05, 0) is 127 Å². The van der Waals surface area contributed by atoms with Crippen molar-refractivity contribution in [1.82, 2.24) is 20.0 Å². The minimum Gasteiger partial charge on any atom is -0.493 e. The number of aryl methyl sites for hydroxylation is 2. The summed E-state index contributed by atoms with van der Waals surface area (Å²) in [7, 11) is 1.47. The number of nitrogens with one attached hydrogen (secondary N) is 1. The maximum Gasteiger partial charge on any atom is 0.416 e. The van der Waals surface area contributed by atoms with Gasteiger partial charge in [0.25, 0.3) is 17.7 Å². The third kappa shape index (κ3) is 13.4. The number of unbranched alkanes of at least 4 members (excludes halogenated alkanes) is 2. The molecule has 17 heteroatoms. The van der Waals surface area contributed by atoms with Crippen molar-refractivity contribution >= 4 is 47.0 Å². The lowest BCUT2D eigenvalue weighted by Gasteiger charge is -2.39. The Morgan fingerprint density at radius 3 is 2.07 bits per heavy atom. The largest absolute Gasteiger partial charge is 0.493 e. The van der Waals surface area contributed by atoms with Crippen molar-refractivity contribution in [3.63, 3.8) is 0 Å². The average molecular weight is 1170 g/mol. The lowest BCUT2D eigenvalue weighted by Crippen LogP contribution is -2.55. The molecule has 450 valence electrons. The van der Waals surface area contributed by atoms with Crippen molar-refractivity contribution in [3.05, 3.63) is 177 Å². The molecule has 5 aromatic rings. The van der Waals surface area contributed by atoms with Crippen LogP contribution in [-0.4, -0.2) is 112 Å². The minimum absolute atomic E-state index is 0.0132. The number of rotatable bonds is 23. The summed E-state index contributed by atoms with van der Waals surface area (Å²) in [6, 6.07) is 28.5. The van der Waals surface area contributed by atoms with Gasteiger partial charge >= 0.3 is 6.09 Å². The molecule has 0 bridgehead atoms. The third-order valence-corrected chi connectivity index (χ3v) is 17.5. The third-order valence-electron chi connectivity index (χ3n) is 17.5. The fourth-order valence-corrected chi connectivity index (χ4v) is 12.4. The van der Waals surface area contributed by atoms with Gasteiger partial charge in [0.15, 0.2) is 23.5 Å². The van der Waals surface area contributed by atoms with E-state index in [9.17, 15) is 38.7 Å². The fraction of sp³-hybridized carbons (Fsp3) is 0.406. The highest BCUT2D eigenvalue weighted by Crippen LogP contribution is 2.42. The predicted molar refractivity (Wildman–Crippen MR) is 324 cm³/mol. The molecule has 86 heavy (non-hydrogen) atoms. The second-order valence-corrected chi connectivity index (χ2v) is 23.7. The number of allylic oxidation sites excluding steroid dienone is 1. The molecule has 5 aliphatic heterocycles. The molecule has 0 radical (unpaired) electrons. The van der Waals surface area contributed by atoms with Crippen molar-refractivity contribution in [3.8, 4) is 17.2 Å². The van der Waals surface area contributed by atoms with Crippen LogP contribution in [0.2, 0.25) is 0 Å². The van der Waals surface area contributed by atoms with Gasteiger partial charge < -0.3 is 44.1 Å². The maximum absolute atomic E-state index is 14.7. The van der Waals surface area contributed by atoms with Crippen molar-refractivity contribution in [1.29, 1.82) is 0 Å². The van der Waals surface area contributed by atoms with E-state index in [-0.39, 0.29) is 103 Å². The number of hydrogen-bond donors (Lipinski definition) is 2. The van der Waals surface area contributed by atoms with Gasteiger partial charge in [0, 0.05) is 80.7 Å². The van der Waals surface area contributed by atoms with Crippen molar-refractivity contribution < 1.29 is 57.6 Å². The summed E-state index contributed by atoms with van der Waals surface area (Å²) >= 11 is 0. The van der Waals surface area contributed by atoms with Crippen LogP contribution in [0.3, 0.4) is 0 Å². The fourth-order valence-electron chi connectivity index (χ4n) is 12.4. The van der Waals surface area contributed by atoms with Crippen LogP contribution in [0.4, 0.5) is 10.5 Å². The maximum atomic E-state index is 14.7. The average Bonchev–Trinajstić information content (AvgIpc) is 1.72. The number of carbonyl (C=O) groups is 7. The van der Waals surface area contributed by atoms with Gasteiger partial charge in [-0.2, -0.15) is 0 Å². The smallest absolute Gasteiger partial charge is 0.416 e. The number of aliphatic hydroxyl groups is 1. The van der Waals surface area contributed by atoms with Crippen LogP contribution >= 0.6 is 0 Å². The molecule has 5 aromatic carbocycles. The van der Waals surface area contributed by atoms with Gasteiger partial charge in [-0.15, -0.1) is 0 Å². The molecule has 5 amide bonds. The number of methoxy groups -OCH3 is 1. The van der Waals surface area contributed by atoms with Gasteiger partial charge in [0.1, 0.15) is 18.1 Å². The van der Waals surface area contributed by atoms with Crippen LogP contribution in [0.15, 0.2) is 121 Å². The van der Waals surface area contributed by atoms with E-state index in [4.69, 9.17) is 18.9 Å². The Balaban J connectivity index is 0.755. The van der Waals surface area contributed by atoms with Crippen LogP contribution in [0.1, 0.15) is 131 Å². The molecule has 5 atom stereocenters. The molecule has 0 aromatic heterocycles. The molecular formula is C69H77N5O12. The standard InChI is InChI=1S/C69H77N5O12/c1-42(2)55(36-54(75)19-8-7-13-28-71-44(4)20-27-64(71)77)65(78)70-45(5)60(76)32-46-21-23-47(24-22-46)41-86-69(82)74-58-38-63(62(83-6)37-57(58)67(80)73-40-52-18-12-10-16-49(52)34-59(73)68(74)81)85-30-14-29-84-61-35-50-25-26-53-33-48-15-9-11-17-51(48)39-72(53)66(79)56(50)31-43(61)3/h9-12,15-18,20-24,27,31,35,37-38,42,45,53,55,59,68,81H,4,7-8,13-14,19,25-26,28-30,32-34,36,39-41H2,1-3,5-6H3,(H,70,78)/t45-,53+,55-,59-,68?/m0/s1. The Morgan fingerprint density at radius 2 is 1.38 bits per heavy atom. The van der Waals surface area contributed by atoms with Crippen LogP contribution in [0.25, 0.3) is 0 Å². The molecule has 0 saturated heterocycles. The van der Waals surface area contributed by atoms with E-state index in [1.807, 2.05) is 68.1 Å². The molecule has 0 aliphatic carbocycles. The second kappa shape index (κ2) is 26.8. The van der Waals surface area contributed by atoms with Crippen molar-refractivity contribution in [2.75, 3.05) is 31.8 Å². The Hall–Kier alpha value is -8.57. The Labute approximate surface area is 502 Å². The molecule has 10 rings (SSSR count). The molecule has 1 unspecified atom stereocenters. The van der Waals surface area contributed by atoms with Gasteiger partial charge in [0.2, 0.25) is 5.91 Å². The zero-order valence-electron chi connectivity index (χ0n) is 49.8. The Bertz CT molecular complexity index is 3450. The number of anilines is 1. The molecular weight excluding hydrogens is 1090 g/mol. The Kier molecular flexibility index (Phi) is 18.9. The zero-order chi connectivity index (χ0) is 60.8.